The van der Waals surface area contributed by atoms with E-state index in [0.717, 1.165) is 31.4 Å². The van der Waals surface area contributed by atoms with E-state index in [4.69, 9.17) is 0 Å². The topological polar surface area (TPSA) is 46.9 Å². The lowest BCUT2D eigenvalue weighted by Gasteiger charge is -2.13. The van der Waals surface area contributed by atoms with Crippen LogP contribution in [0.4, 0.5) is 0 Å². The highest BCUT2D eigenvalue weighted by Gasteiger charge is 2.12. The van der Waals surface area contributed by atoms with Gasteiger partial charge in [0.15, 0.2) is 0 Å². The fraction of sp³-hybridized carbons (Fsp3) is 0.304. The molecule has 0 saturated carbocycles. The van der Waals surface area contributed by atoms with Gasteiger partial charge in [-0.1, -0.05) is 61.5 Å². The number of rotatable bonds is 9. The first kappa shape index (κ1) is 18.9. The smallest absolute Gasteiger partial charge is 0.223 e. The third-order valence-electron chi connectivity index (χ3n) is 4.78. The summed E-state index contributed by atoms with van der Waals surface area (Å²) < 4.78 is 2.03. The Kier molecular flexibility index (Phi) is 6.80. The fourth-order valence-electron chi connectivity index (χ4n) is 3.18. The van der Waals surface area contributed by atoms with Crippen molar-refractivity contribution >= 4 is 5.91 Å². The van der Waals surface area contributed by atoms with Crippen LogP contribution in [0.5, 0.6) is 0 Å². The highest BCUT2D eigenvalue weighted by molar-refractivity contribution is 5.78. The van der Waals surface area contributed by atoms with Crippen LogP contribution in [-0.2, 0) is 24.3 Å². The Hall–Kier alpha value is -2.88. The van der Waals surface area contributed by atoms with Crippen LogP contribution in [0.25, 0.3) is 0 Å². The quantitative estimate of drug-likeness (QED) is 0.621. The number of nitrogens with one attached hydrogen (secondary N) is 1. The number of amides is 1. The second-order valence-electron chi connectivity index (χ2n) is 7.05. The van der Waals surface area contributed by atoms with Crippen LogP contribution in [0.2, 0.25) is 0 Å². The average molecular weight is 361 g/mol. The Labute approximate surface area is 161 Å². The molecule has 1 unspecified atom stereocenters. The summed E-state index contributed by atoms with van der Waals surface area (Å²) in [5.74, 6) is 0.158. The summed E-state index contributed by atoms with van der Waals surface area (Å²) in [6.07, 6.45) is 8.50. The van der Waals surface area contributed by atoms with E-state index in [2.05, 4.69) is 52.8 Å². The predicted octanol–water partition coefficient (Wildman–Crippen LogP) is 4.21. The Morgan fingerprint density at radius 1 is 1.07 bits per heavy atom. The highest BCUT2D eigenvalue weighted by atomic mass is 16.1. The van der Waals surface area contributed by atoms with Crippen LogP contribution in [0.1, 0.15) is 36.5 Å². The van der Waals surface area contributed by atoms with Crippen molar-refractivity contribution in [2.75, 3.05) is 0 Å². The van der Waals surface area contributed by atoms with Gasteiger partial charge in [-0.25, -0.2) is 4.98 Å². The van der Waals surface area contributed by atoms with Crippen LogP contribution in [0.3, 0.4) is 0 Å². The number of hydrogen-bond acceptors (Lipinski definition) is 2. The predicted molar refractivity (Wildman–Crippen MR) is 108 cm³/mol. The van der Waals surface area contributed by atoms with E-state index >= 15 is 0 Å². The molecule has 4 nitrogen and oxygen atoms in total. The van der Waals surface area contributed by atoms with E-state index in [0.29, 0.717) is 6.54 Å². The summed E-state index contributed by atoms with van der Waals surface area (Å²) in [4.78, 5) is 16.4. The lowest BCUT2D eigenvalue weighted by molar-refractivity contribution is -0.124. The van der Waals surface area contributed by atoms with E-state index in [1.165, 1.54) is 11.1 Å². The van der Waals surface area contributed by atoms with Crippen molar-refractivity contribution in [2.45, 2.75) is 39.3 Å². The second kappa shape index (κ2) is 9.72. The van der Waals surface area contributed by atoms with Crippen LogP contribution < -0.4 is 5.32 Å². The van der Waals surface area contributed by atoms with Crippen molar-refractivity contribution in [3.05, 3.63) is 90.0 Å². The molecule has 140 valence electrons. The highest BCUT2D eigenvalue weighted by Crippen LogP contribution is 2.12. The lowest BCUT2D eigenvalue weighted by atomic mass is 10.0. The summed E-state index contributed by atoms with van der Waals surface area (Å²) >= 11 is 0. The van der Waals surface area contributed by atoms with Gasteiger partial charge in [0, 0.05) is 31.4 Å². The SMILES string of the molecule is CC(CCCc1ccccc1)C(=O)NCc1cccc(Cn2ccnc2)c1. The fourth-order valence-corrected chi connectivity index (χ4v) is 3.18. The lowest BCUT2D eigenvalue weighted by Crippen LogP contribution is -2.28. The first-order valence-corrected chi connectivity index (χ1v) is 9.56. The zero-order valence-electron chi connectivity index (χ0n) is 15.8. The molecule has 0 aliphatic carbocycles. The number of aryl methyl sites for hydroxylation is 1. The van der Waals surface area contributed by atoms with Crippen LogP contribution >= 0.6 is 0 Å². The Bertz CT molecular complexity index is 828. The van der Waals surface area contributed by atoms with E-state index < -0.39 is 0 Å². The van der Waals surface area contributed by atoms with Gasteiger partial charge in [0.05, 0.1) is 6.33 Å². The standard InChI is InChI=1S/C23H27N3O/c1-19(7-5-10-20-8-3-2-4-9-20)23(27)25-16-21-11-6-12-22(15-21)17-26-14-13-24-18-26/h2-4,6,8-9,11-15,18-19H,5,7,10,16-17H2,1H3,(H,25,27). The van der Waals surface area contributed by atoms with Crippen molar-refractivity contribution in [1.82, 2.24) is 14.9 Å². The van der Waals surface area contributed by atoms with Gasteiger partial charge in [0.25, 0.3) is 0 Å². The number of hydrogen-bond donors (Lipinski definition) is 1. The third kappa shape index (κ3) is 6.10. The molecule has 0 aliphatic rings. The van der Waals surface area contributed by atoms with Crippen molar-refractivity contribution in [1.29, 1.82) is 0 Å². The number of carbonyl (C=O) groups excluding carboxylic acids is 1. The molecular formula is C23H27N3O. The maximum Gasteiger partial charge on any atom is 0.223 e. The zero-order valence-corrected chi connectivity index (χ0v) is 15.8. The summed E-state index contributed by atoms with van der Waals surface area (Å²) in [6.45, 7) is 3.37. The van der Waals surface area contributed by atoms with Gasteiger partial charge in [0.1, 0.15) is 0 Å². The molecule has 0 aliphatic heterocycles. The summed E-state index contributed by atoms with van der Waals surface area (Å²) in [6, 6.07) is 18.8. The number of carbonyl (C=O) groups is 1. The van der Waals surface area contributed by atoms with Gasteiger partial charge in [-0.05, 0) is 36.0 Å². The molecule has 3 rings (SSSR count). The maximum atomic E-state index is 12.4. The number of benzene rings is 2. The molecule has 27 heavy (non-hydrogen) atoms. The molecule has 3 aromatic rings. The minimum atomic E-state index is 0.0304. The normalized spacial score (nSPS) is 11.9. The Balaban J connectivity index is 1.42. The molecule has 1 amide bonds. The first-order chi connectivity index (χ1) is 13.2. The third-order valence-corrected chi connectivity index (χ3v) is 4.78. The van der Waals surface area contributed by atoms with Crippen LogP contribution in [0, 0.1) is 5.92 Å². The number of nitrogens with zero attached hydrogens (tertiary/aromatic N) is 2. The molecule has 0 bridgehead atoms. The molecule has 4 heteroatoms. The van der Waals surface area contributed by atoms with E-state index in [-0.39, 0.29) is 11.8 Å². The largest absolute Gasteiger partial charge is 0.352 e. The van der Waals surface area contributed by atoms with Crippen LogP contribution in [0.15, 0.2) is 73.3 Å². The molecule has 1 heterocycles. The second-order valence-corrected chi connectivity index (χ2v) is 7.05. The van der Waals surface area contributed by atoms with E-state index in [9.17, 15) is 4.79 Å². The van der Waals surface area contributed by atoms with Gasteiger partial charge in [-0.2, -0.15) is 0 Å². The van der Waals surface area contributed by atoms with Crippen molar-refractivity contribution in [3.63, 3.8) is 0 Å². The Morgan fingerprint density at radius 3 is 2.63 bits per heavy atom. The van der Waals surface area contributed by atoms with E-state index in [1.54, 1.807) is 6.20 Å². The molecule has 0 spiro atoms. The van der Waals surface area contributed by atoms with Crippen LogP contribution in [-0.4, -0.2) is 15.5 Å². The molecule has 1 aromatic heterocycles. The maximum absolute atomic E-state index is 12.4. The van der Waals surface area contributed by atoms with Gasteiger partial charge in [0.2, 0.25) is 5.91 Å². The molecule has 0 radical (unpaired) electrons. The van der Waals surface area contributed by atoms with Gasteiger partial charge < -0.3 is 9.88 Å². The van der Waals surface area contributed by atoms with Gasteiger partial charge in [-0.15, -0.1) is 0 Å². The summed E-state index contributed by atoms with van der Waals surface area (Å²) in [7, 11) is 0. The average Bonchev–Trinajstić information content (AvgIpc) is 3.20. The van der Waals surface area contributed by atoms with Gasteiger partial charge >= 0.3 is 0 Å². The molecule has 1 N–H and O–H groups in total. The minimum absolute atomic E-state index is 0.0304. The summed E-state index contributed by atoms with van der Waals surface area (Å²) in [5.41, 5.74) is 3.66. The summed E-state index contributed by atoms with van der Waals surface area (Å²) in [5, 5.41) is 3.08. The van der Waals surface area contributed by atoms with Gasteiger partial charge in [-0.3, -0.25) is 4.79 Å². The Morgan fingerprint density at radius 2 is 1.85 bits per heavy atom. The molecule has 1 atom stereocenters. The number of aromatic nitrogens is 2. The van der Waals surface area contributed by atoms with Crippen molar-refractivity contribution in [2.24, 2.45) is 5.92 Å². The van der Waals surface area contributed by atoms with E-state index in [1.807, 2.05) is 36.1 Å². The zero-order chi connectivity index (χ0) is 18.9. The minimum Gasteiger partial charge on any atom is -0.352 e. The van der Waals surface area contributed by atoms with Crippen molar-refractivity contribution in [3.8, 4) is 0 Å². The molecule has 0 saturated heterocycles. The molecular weight excluding hydrogens is 334 g/mol. The monoisotopic (exact) mass is 361 g/mol. The van der Waals surface area contributed by atoms with Crippen molar-refractivity contribution < 1.29 is 4.79 Å². The molecule has 2 aromatic carbocycles. The number of imidazole rings is 1. The molecule has 0 fully saturated rings. The first-order valence-electron chi connectivity index (χ1n) is 9.56.